The van der Waals surface area contributed by atoms with Crippen LogP contribution in [-0.4, -0.2) is 42.6 Å². The predicted molar refractivity (Wildman–Crippen MR) is 103 cm³/mol. The van der Waals surface area contributed by atoms with Crippen molar-refractivity contribution in [2.24, 2.45) is 0 Å². The molecule has 2 aromatic rings. The van der Waals surface area contributed by atoms with Crippen LogP contribution in [0.2, 0.25) is 0 Å². The minimum Gasteiger partial charge on any atom is -0.484 e. The minimum absolute atomic E-state index is 0.0785. The zero-order valence-electron chi connectivity index (χ0n) is 16.2. The molecule has 0 aliphatic heterocycles. The van der Waals surface area contributed by atoms with Gasteiger partial charge in [-0.05, 0) is 52.3 Å². The first-order valence-electron chi connectivity index (χ1n) is 8.97. The molecule has 0 saturated heterocycles. The van der Waals surface area contributed by atoms with Gasteiger partial charge in [-0.15, -0.1) is 0 Å². The Kier molecular flexibility index (Phi) is 6.80. The summed E-state index contributed by atoms with van der Waals surface area (Å²) in [6.07, 6.45) is 0. The molecule has 1 aromatic heterocycles. The highest BCUT2D eigenvalue weighted by molar-refractivity contribution is 5.81. The van der Waals surface area contributed by atoms with Gasteiger partial charge in [0.05, 0.1) is 0 Å². The first-order valence-corrected chi connectivity index (χ1v) is 8.97. The summed E-state index contributed by atoms with van der Waals surface area (Å²) in [4.78, 5) is 25.8. The Morgan fingerprint density at radius 2 is 1.88 bits per heavy atom. The monoisotopic (exact) mass is 360 g/mol. The number of carbonyl (C=O) groups excluding carboxylic acids is 1. The molecule has 0 bridgehead atoms. The molecule has 0 radical (unpaired) electrons. The summed E-state index contributed by atoms with van der Waals surface area (Å²) in [5.74, 6) is 0.315. The first kappa shape index (κ1) is 20.0. The third kappa shape index (κ3) is 5.33. The largest absolute Gasteiger partial charge is 0.484 e. The van der Waals surface area contributed by atoms with Gasteiger partial charge in [-0.3, -0.25) is 9.69 Å². The number of nitrogens with one attached hydrogen (secondary N) is 1. The van der Waals surface area contributed by atoms with Crippen LogP contribution in [0.3, 0.4) is 0 Å². The van der Waals surface area contributed by atoms with Crippen molar-refractivity contribution in [2.75, 3.05) is 19.7 Å². The van der Waals surface area contributed by atoms with Crippen LogP contribution in [0.15, 0.2) is 33.5 Å². The molecule has 1 heterocycles. The smallest absolute Gasteiger partial charge is 0.336 e. The summed E-state index contributed by atoms with van der Waals surface area (Å²) < 4.78 is 10.7. The highest BCUT2D eigenvalue weighted by Crippen LogP contribution is 2.22. The van der Waals surface area contributed by atoms with Gasteiger partial charge in [0.2, 0.25) is 0 Å². The summed E-state index contributed by atoms with van der Waals surface area (Å²) in [5.41, 5.74) is 0.905. The molecular weight excluding hydrogens is 332 g/mol. The van der Waals surface area contributed by atoms with Gasteiger partial charge in [-0.25, -0.2) is 4.79 Å². The molecule has 142 valence electrons. The topological polar surface area (TPSA) is 71.8 Å². The highest BCUT2D eigenvalue weighted by Gasteiger charge is 2.13. The minimum atomic E-state index is -0.398. The van der Waals surface area contributed by atoms with Crippen LogP contribution >= 0.6 is 0 Å². The maximum absolute atomic E-state index is 12.0. The summed E-state index contributed by atoms with van der Waals surface area (Å²) in [6.45, 7) is 11.7. The molecule has 0 saturated carbocycles. The Bertz CT molecular complexity index is 803. The number of hydrogen-bond acceptors (Lipinski definition) is 5. The number of rotatable bonds is 8. The lowest BCUT2D eigenvalue weighted by Gasteiger charge is -2.30. The van der Waals surface area contributed by atoms with Crippen molar-refractivity contribution in [2.45, 2.75) is 46.7 Å². The molecular formula is C20H28N2O4. The molecule has 0 atom stereocenters. The van der Waals surface area contributed by atoms with Crippen molar-refractivity contribution in [1.82, 2.24) is 10.2 Å². The van der Waals surface area contributed by atoms with E-state index in [1.165, 1.54) is 6.07 Å². The number of amides is 1. The Morgan fingerprint density at radius 1 is 1.19 bits per heavy atom. The number of hydrogen-bond donors (Lipinski definition) is 1. The van der Waals surface area contributed by atoms with Crippen LogP contribution in [0.25, 0.3) is 11.0 Å². The van der Waals surface area contributed by atoms with Crippen molar-refractivity contribution in [1.29, 1.82) is 0 Å². The summed E-state index contributed by atoms with van der Waals surface area (Å²) >= 11 is 0. The number of nitrogens with zero attached hydrogens (tertiary/aromatic N) is 1. The van der Waals surface area contributed by atoms with Gasteiger partial charge in [0.1, 0.15) is 11.3 Å². The van der Waals surface area contributed by atoms with E-state index in [9.17, 15) is 9.59 Å². The van der Waals surface area contributed by atoms with Crippen molar-refractivity contribution >= 4 is 16.9 Å². The highest BCUT2D eigenvalue weighted by atomic mass is 16.5. The van der Waals surface area contributed by atoms with E-state index in [0.717, 1.165) is 17.5 Å². The van der Waals surface area contributed by atoms with E-state index in [1.807, 2.05) is 13.0 Å². The van der Waals surface area contributed by atoms with Gasteiger partial charge >= 0.3 is 5.63 Å². The molecule has 6 heteroatoms. The van der Waals surface area contributed by atoms with E-state index < -0.39 is 5.63 Å². The van der Waals surface area contributed by atoms with Gasteiger partial charge in [0, 0.05) is 42.7 Å². The van der Waals surface area contributed by atoms with E-state index in [-0.39, 0.29) is 12.5 Å². The second-order valence-electron chi connectivity index (χ2n) is 6.97. The van der Waals surface area contributed by atoms with Crippen LogP contribution in [0.5, 0.6) is 5.75 Å². The molecule has 6 nitrogen and oxygen atoms in total. The lowest BCUT2D eigenvalue weighted by molar-refractivity contribution is -0.123. The van der Waals surface area contributed by atoms with Crippen LogP contribution in [0, 0.1) is 6.92 Å². The summed E-state index contributed by atoms with van der Waals surface area (Å²) in [5, 5.41) is 3.72. The van der Waals surface area contributed by atoms with Crippen molar-refractivity contribution in [3.8, 4) is 5.75 Å². The molecule has 2 rings (SSSR count). The van der Waals surface area contributed by atoms with E-state index in [1.54, 1.807) is 12.1 Å². The fourth-order valence-corrected chi connectivity index (χ4v) is 3.03. The number of ether oxygens (including phenoxy) is 1. The second kappa shape index (κ2) is 8.85. The number of fused-ring (bicyclic) bond motifs is 1. The summed E-state index contributed by atoms with van der Waals surface area (Å²) in [7, 11) is 0. The molecule has 1 aromatic carbocycles. The van der Waals surface area contributed by atoms with Gasteiger partial charge in [-0.1, -0.05) is 0 Å². The Labute approximate surface area is 154 Å². The quantitative estimate of drug-likeness (QED) is 0.733. The third-order valence-electron chi connectivity index (χ3n) is 4.31. The maximum Gasteiger partial charge on any atom is 0.336 e. The van der Waals surface area contributed by atoms with E-state index in [2.05, 4.69) is 37.9 Å². The molecule has 26 heavy (non-hydrogen) atoms. The normalized spacial score (nSPS) is 11.5. The average molecular weight is 360 g/mol. The number of carbonyl (C=O) groups is 1. The molecule has 0 spiro atoms. The average Bonchev–Trinajstić information content (AvgIpc) is 2.55. The van der Waals surface area contributed by atoms with Gasteiger partial charge < -0.3 is 14.5 Å². The van der Waals surface area contributed by atoms with Gasteiger partial charge in [0.25, 0.3) is 5.91 Å². The van der Waals surface area contributed by atoms with E-state index >= 15 is 0 Å². The Hall–Kier alpha value is -2.34. The second-order valence-corrected chi connectivity index (χ2v) is 6.97. The fraction of sp³-hybridized carbons (Fsp3) is 0.500. The Balaban J connectivity index is 1.87. The first-order chi connectivity index (χ1) is 12.3. The van der Waals surface area contributed by atoms with Crippen LogP contribution in [0.4, 0.5) is 0 Å². The number of aryl methyl sites for hydroxylation is 1. The van der Waals surface area contributed by atoms with Gasteiger partial charge in [-0.2, -0.15) is 0 Å². The molecule has 0 aliphatic carbocycles. The predicted octanol–water partition coefficient (Wildman–Crippen LogP) is 2.72. The van der Waals surface area contributed by atoms with Crippen molar-refractivity contribution in [3.63, 3.8) is 0 Å². The zero-order valence-corrected chi connectivity index (χ0v) is 16.2. The lowest BCUT2D eigenvalue weighted by Crippen LogP contribution is -2.43. The Morgan fingerprint density at radius 3 is 2.54 bits per heavy atom. The van der Waals surface area contributed by atoms with Crippen LogP contribution < -0.4 is 15.7 Å². The van der Waals surface area contributed by atoms with Gasteiger partial charge in [0.15, 0.2) is 6.61 Å². The third-order valence-corrected chi connectivity index (χ3v) is 4.31. The van der Waals surface area contributed by atoms with Crippen LogP contribution in [-0.2, 0) is 4.79 Å². The maximum atomic E-state index is 12.0. The van der Waals surface area contributed by atoms with Crippen molar-refractivity contribution < 1.29 is 13.9 Å². The van der Waals surface area contributed by atoms with E-state index in [4.69, 9.17) is 9.15 Å². The van der Waals surface area contributed by atoms with Crippen molar-refractivity contribution in [3.05, 3.63) is 40.2 Å². The zero-order chi connectivity index (χ0) is 19.3. The summed E-state index contributed by atoms with van der Waals surface area (Å²) in [6, 6.07) is 7.54. The molecule has 1 amide bonds. The molecule has 0 unspecified atom stereocenters. The lowest BCUT2D eigenvalue weighted by atomic mass is 10.1. The van der Waals surface area contributed by atoms with E-state index in [0.29, 0.717) is 30.0 Å². The molecule has 0 aliphatic rings. The SMILES string of the molecule is Cc1cc(=O)oc2cc(OCC(=O)NCCN(C(C)C)C(C)C)ccc12. The van der Waals surface area contributed by atoms with Crippen LogP contribution in [0.1, 0.15) is 33.3 Å². The number of benzene rings is 1. The fourth-order valence-electron chi connectivity index (χ4n) is 3.03. The standard InChI is InChI=1S/C20H28N2O4/c1-13(2)22(14(3)4)9-8-21-19(23)12-25-16-6-7-17-15(5)10-20(24)26-18(17)11-16/h6-7,10-11,13-14H,8-9,12H2,1-5H3,(H,21,23). The molecule has 0 fully saturated rings. The molecule has 1 N–H and O–H groups in total.